The Morgan fingerprint density at radius 2 is 1.00 bits per heavy atom. The van der Waals surface area contributed by atoms with Crippen LogP contribution in [-0.2, 0) is 0 Å². The van der Waals surface area contributed by atoms with Crippen molar-refractivity contribution in [2.75, 3.05) is 0 Å². The molecule has 4 aromatic heterocycles. The first kappa shape index (κ1) is 37.3. The van der Waals surface area contributed by atoms with Gasteiger partial charge in [-0.2, -0.15) is 0 Å². The van der Waals surface area contributed by atoms with E-state index in [1.165, 1.54) is 66.0 Å². The molecule has 0 spiro atoms. The highest BCUT2D eigenvalue weighted by atomic mass is 127. The molecule has 0 atom stereocenters. The molecular formula is C49H31BBrIO4S2. The molecular weight excluding hydrogens is 934 g/mol. The number of hydrogen-bond acceptors (Lipinski definition) is 6. The number of thiophene rings is 2. The van der Waals surface area contributed by atoms with E-state index < -0.39 is 7.12 Å². The van der Waals surface area contributed by atoms with E-state index in [1.807, 2.05) is 47.7 Å². The van der Waals surface area contributed by atoms with Gasteiger partial charge < -0.3 is 18.9 Å². The summed E-state index contributed by atoms with van der Waals surface area (Å²) in [6, 6.07) is 54.3. The smallest absolute Gasteiger partial charge is 0.456 e. The minimum absolute atomic E-state index is 0.538. The summed E-state index contributed by atoms with van der Waals surface area (Å²) in [5.41, 5.74) is 7.98. The lowest BCUT2D eigenvalue weighted by atomic mass is 9.80. The zero-order valence-corrected chi connectivity index (χ0v) is 36.2. The van der Waals surface area contributed by atoms with Crippen molar-refractivity contribution in [1.29, 1.82) is 0 Å². The highest BCUT2D eigenvalue weighted by Gasteiger charge is 2.14. The van der Waals surface area contributed by atoms with Gasteiger partial charge in [-0.15, -0.1) is 22.7 Å². The second kappa shape index (κ2) is 15.3. The molecule has 0 bridgehead atoms. The maximum Gasteiger partial charge on any atom is 0.488 e. The van der Waals surface area contributed by atoms with Crippen LogP contribution in [0.25, 0.3) is 95.3 Å². The highest BCUT2D eigenvalue weighted by Crippen LogP contribution is 2.39. The van der Waals surface area contributed by atoms with Gasteiger partial charge in [-0.25, -0.2) is 0 Å². The number of aryl methyl sites for hydroxylation is 1. The Kier molecular flexibility index (Phi) is 9.84. The molecule has 4 heterocycles. The van der Waals surface area contributed by atoms with Crippen LogP contribution in [-0.4, -0.2) is 17.2 Å². The molecule has 12 rings (SSSR count). The molecule has 4 nitrogen and oxygen atoms in total. The normalized spacial score (nSPS) is 11.5. The SMILES string of the molecule is Brc1cccc2c1oc1ccc(-c3ccc4sc5ccccc5c4c3)cc12.Cc1cccc2c1oc1ccc(I)cc12.OB(O)c1ccc2sc3ccccc3c2c1. The van der Waals surface area contributed by atoms with Crippen molar-refractivity contribution >= 4 is 158 Å². The van der Waals surface area contributed by atoms with Crippen molar-refractivity contribution < 1.29 is 18.9 Å². The highest BCUT2D eigenvalue weighted by molar-refractivity contribution is 14.1. The third kappa shape index (κ3) is 6.79. The first-order chi connectivity index (χ1) is 28.3. The Bertz CT molecular complexity index is 3510. The molecule has 9 heteroatoms. The molecule has 0 aliphatic heterocycles. The molecule has 280 valence electrons. The third-order valence-corrected chi connectivity index (χ3v) is 14.1. The third-order valence-electron chi connectivity index (χ3n) is 10.5. The summed E-state index contributed by atoms with van der Waals surface area (Å²) in [6.45, 7) is 2.08. The van der Waals surface area contributed by atoms with Gasteiger partial charge in [0.15, 0.2) is 0 Å². The van der Waals surface area contributed by atoms with Gasteiger partial charge in [0.2, 0.25) is 0 Å². The maximum absolute atomic E-state index is 9.15. The number of benzene rings is 8. The standard InChI is InChI=1S/C24H13BrOS.C13H9IO.C12H9BO2S/c25-20-6-3-5-17-18-12-14(8-10-21(18)26-24(17)20)15-9-11-23-19(13-15)16-4-1-2-7-22(16)27-23;1-8-3-2-4-10-11-7-9(14)5-6-12(11)15-13(8)10;14-13(15)8-5-6-12-10(7-8)9-3-1-2-4-11(9)16-12/h1-13H;2-7H,1H3;1-7,14-15H. The van der Waals surface area contributed by atoms with E-state index in [0.717, 1.165) is 43.0 Å². The summed E-state index contributed by atoms with van der Waals surface area (Å²) < 4.78 is 19.2. The van der Waals surface area contributed by atoms with E-state index in [2.05, 4.69) is 161 Å². The zero-order chi connectivity index (χ0) is 39.5. The van der Waals surface area contributed by atoms with Crippen LogP contribution in [0.3, 0.4) is 0 Å². The number of furan rings is 2. The minimum atomic E-state index is -1.40. The van der Waals surface area contributed by atoms with Gasteiger partial charge in [0.25, 0.3) is 0 Å². The number of fused-ring (bicyclic) bond motifs is 12. The Labute approximate surface area is 363 Å². The van der Waals surface area contributed by atoms with Gasteiger partial charge in [0.1, 0.15) is 22.3 Å². The van der Waals surface area contributed by atoms with Crippen LogP contribution in [0, 0.1) is 10.5 Å². The van der Waals surface area contributed by atoms with E-state index >= 15 is 0 Å². The molecule has 2 N–H and O–H groups in total. The quantitative estimate of drug-likeness (QED) is 0.134. The summed E-state index contributed by atoms with van der Waals surface area (Å²) in [5.74, 6) is 0. The lowest BCUT2D eigenvalue weighted by molar-refractivity contribution is 0.426. The molecule has 12 aromatic rings. The molecule has 8 aromatic carbocycles. The van der Waals surface area contributed by atoms with Crippen molar-refractivity contribution in [2.24, 2.45) is 0 Å². The summed E-state index contributed by atoms with van der Waals surface area (Å²) >= 11 is 9.49. The van der Waals surface area contributed by atoms with E-state index in [4.69, 9.17) is 18.9 Å². The van der Waals surface area contributed by atoms with Crippen LogP contribution < -0.4 is 5.46 Å². The topological polar surface area (TPSA) is 66.7 Å². The second-order valence-electron chi connectivity index (χ2n) is 14.2. The Morgan fingerprint density at radius 3 is 1.71 bits per heavy atom. The number of halogens is 2. The largest absolute Gasteiger partial charge is 0.488 e. The van der Waals surface area contributed by atoms with Crippen LogP contribution in [0.2, 0.25) is 0 Å². The first-order valence-electron chi connectivity index (χ1n) is 18.7. The average Bonchev–Trinajstić information content (AvgIpc) is 4.01. The fraction of sp³-hybridized carbons (Fsp3) is 0.0204. The number of para-hydroxylation sites is 2. The van der Waals surface area contributed by atoms with Gasteiger partial charge in [-0.3, -0.25) is 0 Å². The van der Waals surface area contributed by atoms with Gasteiger partial charge in [0.05, 0.1) is 4.47 Å². The molecule has 0 saturated heterocycles. The number of rotatable bonds is 2. The van der Waals surface area contributed by atoms with Crippen LogP contribution >= 0.6 is 61.2 Å². The fourth-order valence-corrected chi connectivity index (χ4v) is 10.8. The van der Waals surface area contributed by atoms with Crippen molar-refractivity contribution in [2.45, 2.75) is 6.92 Å². The van der Waals surface area contributed by atoms with Crippen LogP contribution in [0.1, 0.15) is 5.56 Å². The Morgan fingerprint density at radius 1 is 0.483 bits per heavy atom. The fourth-order valence-electron chi connectivity index (χ4n) is 7.67. The van der Waals surface area contributed by atoms with Crippen LogP contribution in [0.15, 0.2) is 171 Å². The van der Waals surface area contributed by atoms with Gasteiger partial charge in [-0.1, -0.05) is 91.0 Å². The summed E-state index contributed by atoms with van der Waals surface area (Å²) in [4.78, 5) is 0. The van der Waals surface area contributed by atoms with Gasteiger partial charge in [-0.05, 0) is 140 Å². The average molecular weight is 966 g/mol. The van der Waals surface area contributed by atoms with Crippen molar-refractivity contribution in [3.63, 3.8) is 0 Å². The minimum Gasteiger partial charge on any atom is -0.456 e. The van der Waals surface area contributed by atoms with Crippen molar-refractivity contribution in [1.82, 2.24) is 0 Å². The van der Waals surface area contributed by atoms with Crippen molar-refractivity contribution in [3.05, 3.63) is 171 Å². The lowest BCUT2D eigenvalue weighted by Crippen LogP contribution is -2.29. The van der Waals surface area contributed by atoms with Crippen LogP contribution in [0.5, 0.6) is 0 Å². The molecule has 0 radical (unpaired) electrons. The maximum atomic E-state index is 9.15. The van der Waals surface area contributed by atoms with E-state index in [9.17, 15) is 0 Å². The molecule has 0 saturated carbocycles. The predicted molar refractivity (Wildman–Crippen MR) is 260 cm³/mol. The van der Waals surface area contributed by atoms with Crippen LogP contribution in [0.4, 0.5) is 0 Å². The molecule has 58 heavy (non-hydrogen) atoms. The number of hydrogen-bond donors (Lipinski definition) is 2. The molecule has 0 fully saturated rings. The van der Waals surface area contributed by atoms with Gasteiger partial charge in [0, 0.05) is 60.1 Å². The first-order valence-corrected chi connectivity index (χ1v) is 22.2. The van der Waals surface area contributed by atoms with E-state index in [1.54, 1.807) is 17.4 Å². The zero-order valence-electron chi connectivity index (χ0n) is 30.9. The summed E-state index contributed by atoms with van der Waals surface area (Å²) in [6.07, 6.45) is 0. The molecule has 0 unspecified atom stereocenters. The summed E-state index contributed by atoms with van der Waals surface area (Å²) in [5, 5.41) is 27.9. The Hall–Kier alpha value is -5.01. The summed E-state index contributed by atoms with van der Waals surface area (Å²) in [7, 11) is -1.40. The van der Waals surface area contributed by atoms with Crippen molar-refractivity contribution in [3.8, 4) is 11.1 Å². The predicted octanol–water partition coefficient (Wildman–Crippen LogP) is 14.6. The molecule has 0 aliphatic rings. The Balaban J connectivity index is 0.000000113. The van der Waals surface area contributed by atoms with E-state index in [0.29, 0.717) is 5.46 Å². The molecule has 0 amide bonds. The van der Waals surface area contributed by atoms with Gasteiger partial charge >= 0.3 is 7.12 Å². The second-order valence-corrected chi connectivity index (χ2v) is 18.4. The lowest BCUT2D eigenvalue weighted by Gasteiger charge is -2.03. The van der Waals surface area contributed by atoms with E-state index in [-0.39, 0.29) is 0 Å². The monoisotopic (exact) mass is 964 g/mol. The molecule has 0 aliphatic carbocycles.